The Kier molecular flexibility index (Phi) is 9.20. The van der Waals surface area contributed by atoms with Crippen molar-refractivity contribution in [2.75, 3.05) is 11.9 Å². The van der Waals surface area contributed by atoms with Crippen molar-refractivity contribution in [3.05, 3.63) is 28.8 Å². The zero-order valence-electron chi connectivity index (χ0n) is 19.4. The number of rotatable bonds is 10. The molecule has 9 heteroatoms. The van der Waals surface area contributed by atoms with Gasteiger partial charge in [-0.1, -0.05) is 33.1 Å². The predicted molar refractivity (Wildman–Crippen MR) is 123 cm³/mol. The second kappa shape index (κ2) is 12.1. The van der Waals surface area contributed by atoms with Crippen molar-refractivity contribution in [3.8, 4) is 22.8 Å². The molecule has 0 amide bonds. The molecule has 0 fully saturated rings. The van der Waals surface area contributed by atoms with Gasteiger partial charge in [-0.2, -0.15) is 8.78 Å². The maximum atomic E-state index is 12.7. The average Bonchev–Trinajstić information content (AvgIpc) is 2.86. The van der Waals surface area contributed by atoms with Crippen LogP contribution in [0.5, 0.6) is 11.5 Å². The molecule has 0 spiro atoms. The molecular weight excluding hydrogens is 430 g/mol. The second-order valence-electron chi connectivity index (χ2n) is 8.31. The molecule has 2 aromatic rings. The van der Waals surface area contributed by atoms with Crippen LogP contribution in [-0.4, -0.2) is 34.6 Å². The van der Waals surface area contributed by atoms with Gasteiger partial charge in [0.1, 0.15) is 17.2 Å². The number of fused-ring (bicyclic) bond motifs is 3. The molecule has 1 aliphatic heterocycles. The molecule has 0 aliphatic carbocycles. The average molecular weight is 465 g/mol. The van der Waals surface area contributed by atoms with Crippen LogP contribution in [0.25, 0.3) is 11.3 Å². The number of hydrogen-bond donors (Lipinski definition) is 3. The number of ether oxygens (including phenoxy) is 2. The largest absolute Gasteiger partial charge is 0.507 e. The summed E-state index contributed by atoms with van der Waals surface area (Å²) in [5.41, 5.74) is 9.35. The summed E-state index contributed by atoms with van der Waals surface area (Å²) in [6, 6.07) is 2.89. The standard InChI is InChI=1S/C24H34F2N4O3/c1-3-5-6-8-16(4-2)28-23-19(13-27)18-9-7-10-32-14-15-11-17(33-24(25)26)12-20(31)21(15)22(18)29-30-23/h11-12,16,24,31H,3-10,13-14,27H2,1-2H3,(H,28,30). The Morgan fingerprint density at radius 1 is 1.24 bits per heavy atom. The Balaban J connectivity index is 2.04. The number of phenols is 1. The number of phenolic OH excluding ortho intramolecular Hbond substituents is 1. The van der Waals surface area contributed by atoms with Crippen LogP contribution in [-0.2, 0) is 24.3 Å². The molecule has 182 valence electrons. The summed E-state index contributed by atoms with van der Waals surface area (Å²) in [6.45, 7) is 2.20. The first-order valence-electron chi connectivity index (χ1n) is 11.7. The Labute approximate surface area is 193 Å². The van der Waals surface area contributed by atoms with E-state index >= 15 is 0 Å². The van der Waals surface area contributed by atoms with Crippen LogP contribution in [0.3, 0.4) is 0 Å². The smallest absolute Gasteiger partial charge is 0.387 e. The highest BCUT2D eigenvalue weighted by molar-refractivity contribution is 5.76. The van der Waals surface area contributed by atoms with Gasteiger partial charge in [0.25, 0.3) is 0 Å². The molecule has 4 N–H and O–H groups in total. The highest BCUT2D eigenvalue weighted by Crippen LogP contribution is 2.40. The number of unbranched alkanes of at least 4 members (excludes halogenated alkanes) is 2. The first kappa shape index (κ1) is 25.1. The van der Waals surface area contributed by atoms with Crippen molar-refractivity contribution in [2.45, 2.75) is 84.6 Å². The Morgan fingerprint density at radius 2 is 2.06 bits per heavy atom. The first-order chi connectivity index (χ1) is 16.0. The van der Waals surface area contributed by atoms with Gasteiger partial charge in [-0.3, -0.25) is 0 Å². The number of benzene rings is 1. The van der Waals surface area contributed by atoms with Crippen molar-refractivity contribution in [3.63, 3.8) is 0 Å². The zero-order valence-corrected chi connectivity index (χ0v) is 19.4. The molecule has 0 bridgehead atoms. The summed E-state index contributed by atoms with van der Waals surface area (Å²) in [5.74, 6) is 0.325. The molecule has 0 saturated heterocycles. The summed E-state index contributed by atoms with van der Waals surface area (Å²) in [5, 5.41) is 23.2. The number of anilines is 1. The third-order valence-corrected chi connectivity index (χ3v) is 5.99. The normalized spacial score (nSPS) is 14.6. The number of nitrogens with two attached hydrogens (primary N) is 1. The van der Waals surface area contributed by atoms with Crippen molar-refractivity contribution >= 4 is 5.82 Å². The number of alkyl halides is 2. The fraction of sp³-hybridized carbons (Fsp3) is 0.583. The lowest BCUT2D eigenvalue weighted by atomic mass is 9.94. The highest BCUT2D eigenvalue weighted by Gasteiger charge is 2.24. The Hall–Kier alpha value is -2.52. The highest BCUT2D eigenvalue weighted by atomic mass is 19.3. The van der Waals surface area contributed by atoms with E-state index in [0.29, 0.717) is 35.7 Å². The zero-order chi connectivity index (χ0) is 23.8. The summed E-state index contributed by atoms with van der Waals surface area (Å²) in [4.78, 5) is 0. The molecule has 1 atom stereocenters. The molecular formula is C24H34F2N4O3. The minimum absolute atomic E-state index is 0.131. The van der Waals surface area contributed by atoms with Crippen LogP contribution in [0.2, 0.25) is 0 Å². The van der Waals surface area contributed by atoms with Crippen LogP contribution in [0, 0.1) is 0 Å². The monoisotopic (exact) mass is 464 g/mol. The number of nitrogens with zero attached hydrogens (tertiary/aromatic N) is 2. The van der Waals surface area contributed by atoms with E-state index in [1.165, 1.54) is 18.6 Å². The fourth-order valence-corrected chi connectivity index (χ4v) is 4.27. The molecule has 1 aliphatic rings. The van der Waals surface area contributed by atoms with Gasteiger partial charge in [-0.25, -0.2) is 0 Å². The van der Waals surface area contributed by atoms with Gasteiger partial charge < -0.3 is 25.6 Å². The van der Waals surface area contributed by atoms with E-state index in [4.69, 9.17) is 10.5 Å². The molecule has 1 aromatic heterocycles. The number of nitrogens with one attached hydrogen (secondary N) is 1. The number of aromatic hydroxyl groups is 1. The molecule has 1 aromatic carbocycles. The van der Waals surface area contributed by atoms with E-state index in [2.05, 4.69) is 34.1 Å². The molecule has 1 unspecified atom stereocenters. The SMILES string of the molecule is CCCCCC(CC)Nc1nnc2c(c1CN)CCCOCc1cc(OC(F)F)cc(O)c1-2. The van der Waals surface area contributed by atoms with Gasteiger partial charge in [-0.15, -0.1) is 10.2 Å². The Morgan fingerprint density at radius 3 is 2.76 bits per heavy atom. The van der Waals surface area contributed by atoms with Crippen molar-refractivity contribution in [1.82, 2.24) is 10.2 Å². The topological polar surface area (TPSA) is 103 Å². The van der Waals surface area contributed by atoms with E-state index in [1.807, 2.05) is 0 Å². The number of aromatic nitrogens is 2. The van der Waals surface area contributed by atoms with E-state index in [9.17, 15) is 13.9 Å². The number of halogens is 2. The van der Waals surface area contributed by atoms with Gasteiger partial charge in [0.2, 0.25) is 0 Å². The molecule has 3 rings (SSSR count). The summed E-state index contributed by atoms with van der Waals surface area (Å²) < 4.78 is 35.7. The lowest BCUT2D eigenvalue weighted by Crippen LogP contribution is -2.22. The summed E-state index contributed by atoms with van der Waals surface area (Å²) >= 11 is 0. The van der Waals surface area contributed by atoms with Crippen molar-refractivity contribution in [2.24, 2.45) is 5.73 Å². The van der Waals surface area contributed by atoms with Gasteiger partial charge in [0.05, 0.1) is 6.61 Å². The van der Waals surface area contributed by atoms with Gasteiger partial charge >= 0.3 is 6.61 Å². The quantitative estimate of drug-likeness (QED) is 0.418. The maximum Gasteiger partial charge on any atom is 0.387 e. The fourth-order valence-electron chi connectivity index (χ4n) is 4.27. The van der Waals surface area contributed by atoms with E-state index in [1.54, 1.807) is 0 Å². The summed E-state index contributed by atoms with van der Waals surface area (Å²) in [7, 11) is 0. The van der Waals surface area contributed by atoms with Crippen molar-refractivity contribution in [1.29, 1.82) is 0 Å². The first-order valence-corrected chi connectivity index (χ1v) is 11.7. The van der Waals surface area contributed by atoms with Gasteiger partial charge in [0, 0.05) is 36.4 Å². The van der Waals surface area contributed by atoms with Gasteiger partial charge in [-0.05, 0) is 42.9 Å². The third-order valence-electron chi connectivity index (χ3n) is 5.99. The molecule has 0 radical (unpaired) electrons. The van der Waals surface area contributed by atoms with Crippen LogP contribution in [0.1, 0.15) is 69.1 Å². The molecule has 2 heterocycles. The summed E-state index contributed by atoms with van der Waals surface area (Å²) in [6.07, 6.45) is 6.86. The van der Waals surface area contributed by atoms with E-state index in [-0.39, 0.29) is 30.7 Å². The van der Waals surface area contributed by atoms with Crippen molar-refractivity contribution < 1.29 is 23.4 Å². The van der Waals surface area contributed by atoms with E-state index in [0.717, 1.165) is 43.2 Å². The third kappa shape index (κ3) is 6.29. The molecule has 33 heavy (non-hydrogen) atoms. The lowest BCUT2D eigenvalue weighted by Gasteiger charge is -2.22. The van der Waals surface area contributed by atoms with Gasteiger partial charge in [0.15, 0.2) is 5.82 Å². The van der Waals surface area contributed by atoms with Crippen LogP contribution in [0.4, 0.5) is 14.6 Å². The molecule has 0 saturated carbocycles. The maximum absolute atomic E-state index is 12.7. The van der Waals surface area contributed by atoms with Crippen LogP contribution < -0.4 is 15.8 Å². The second-order valence-corrected chi connectivity index (χ2v) is 8.31. The van der Waals surface area contributed by atoms with Crippen LogP contribution in [0.15, 0.2) is 12.1 Å². The lowest BCUT2D eigenvalue weighted by molar-refractivity contribution is -0.0500. The van der Waals surface area contributed by atoms with Crippen LogP contribution >= 0.6 is 0 Å². The molecule has 7 nitrogen and oxygen atoms in total. The minimum Gasteiger partial charge on any atom is -0.507 e. The Bertz CT molecular complexity index is 927. The minimum atomic E-state index is -2.99. The van der Waals surface area contributed by atoms with E-state index < -0.39 is 6.61 Å². The number of hydrogen-bond acceptors (Lipinski definition) is 7. The predicted octanol–water partition coefficient (Wildman–Crippen LogP) is 5.14.